The fourth-order valence-corrected chi connectivity index (χ4v) is 1.92. The number of nitrogens with zero attached hydrogens (tertiary/aromatic N) is 2. The van der Waals surface area contributed by atoms with E-state index in [0.29, 0.717) is 0 Å². The fraction of sp³-hybridized carbons (Fsp3) is 0.538. The second-order valence-electron chi connectivity index (χ2n) is 5.09. The highest BCUT2D eigenvalue weighted by molar-refractivity contribution is 5.92. The predicted molar refractivity (Wildman–Crippen MR) is 68.2 cm³/mol. The molecule has 1 N–H and O–H groups in total. The van der Waals surface area contributed by atoms with Crippen LogP contribution in [0.15, 0.2) is 18.3 Å². The van der Waals surface area contributed by atoms with E-state index >= 15 is 0 Å². The number of nitrogens with one attached hydrogen (secondary N) is 1. The summed E-state index contributed by atoms with van der Waals surface area (Å²) in [6.07, 6.45) is 3.73. The van der Waals surface area contributed by atoms with Crippen LogP contribution < -0.4 is 10.2 Å². The number of hydrogen-bond donors (Lipinski definition) is 1. The molecule has 2 heterocycles. The molecule has 92 valence electrons. The molecule has 0 aromatic carbocycles. The molecule has 0 unspecified atom stereocenters. The minimum Gasteiger partial charge on any atom is -0.333 e. The standard InChI is InChI=1S/C13H19N3O/c1-4-10-5-6-11(14-9-10)16-8-7-13(2,3)15-12(16)17/h5-6,9H,4,7-8H2,1-3H3,(H,15,17). The lowest BCUT2D eigenvalue weighted by Gasteiger charge is -2.37. The second-order valence-corrected chi connectivity index (χ2v) is 5.09. The summed E-state index contributed by atoms with van der Waals surface area (Å²) in [5.74, 6) is 0.732. The molecule has 0 spiro atoms. The average molecular weight is 233 g/mol. The van der Waals surface area contributed by atoms with E-state index in [1.54, 1.807) is 4.90 Å². The van der Waals surface area contributed by atoms with Crippen molar-refractivity contribution in [2.45, 2.75) is 39.2 Å². The molecule has 1 aliphatic heterocycles. The maximum atomic E-state index is 11.9. The van der Waals surface area contributed by atoms with E-state index in [1.807, 2.05) is 32.2 Å². The lowest BCUT2D eigenvalue weighted by molar-refractivity contribution is 0.224. The number of aromatic nitrogens is 1. The first kappa shape index (κ1) is 11.9. The van der Waals surface area contributed by atoms with Crippen LogP contribution in [0.2, 0.25) is 0 Å². The van der Waals surface area contributed by atoms with Gasteiger partial charge >= 0.3 is 6.03 Å². The first-order valence-corrected chi connectivity index (χ1v) is 6.06. The summed E-state index contributed by atoms with van der Waals surface area (Å²) in [4.78, 5) is 18.0. The minimum atomic E-state index is -0.114. The maximum absolute atomic E-state index is 11.9. The van der Waals surface area contributed by atoms with Crippen LogP contribution in [0, 0.1) is 0 Å². The highest BCUT2D eigenvalue weighted by Crippen LogP contribution is 2.20. The number of pyridine rings is 1. The van der Waals surface area contributed by atoms with Gasteiger partial charge in [0.05, 0.1) is 0 Å². The van der Waals surface area contributed by atoms with Crippen molar-refractivity contribution >= 4 is 11.8 Å². The molecule has 1 saturated heterocycles. The third-order valence-electron chi connectivity index (χ3n) is 3.14. The van der Waals surface area contributed by atoms with Gasteiger partial charge < -0.3 is 5.32 Å². The molecule has 0 bridgehead atoms. The van der Waals surface area contributed by atoms with E-state index in [2.05, 4.69) is 17.2 Å². The van der Waals surface area contributed by atoms with E-state index in [9.17, 15) is 4.79 Å². The monoisotopic (exact) mass is 233 g/mol. The van der Waals surface area contributed by atoms with E-state index < -0.39 is 0 Å². The van der Waals surface area contributed by atoms with Crippen molar-refractivity contribution in [1.82, 2.24) is 10.3 Å². The van der Waals surface area contributed by atoms with Crippen LogP contribution in [0.25, 0.3) is 0 Å². The summed E-state index contributed by atoms with van der Waals surface area (Å²) >= 11 is 0. The van der Waals surface area contributed by atoms with Crippen LogP contribution in [-0.4, -0.2) is 23.1 Å². The average Bonchev–Trinajstić information content (AvgIpc) is 2.28. The van der Waals surface area contributed by atoms with Gasteiger partial charge in [-0.2, -0.15) is 0 Å². The van der Waals surface area contributed by atoms with Crippen LogP contribution in [-0.2, 0) is 6.42 Å². The number of rotatable bonds is 2. The maximum Gasteiger partial charge on any atom is 0.323 e. The molecule has 0 aliphatic carbocycles. The third-order valence-corrected chi connectivity index (χ3v) is 3.14. The molecule has 2 rings (SSSR count). The van der Waals surface area contributed by atoms with E-state index in [4.69, 9.17) is 0 Å². The third kappa shape index (κ3) is 2.57. The van der Waals surface area contributed by atoms with Crippen LogP contribution in [0.1, 0.15) is 32.8 Å². The molecule has 0 radical (unpaired) electrons. The molecule has 1 aromatic heterocycles. The number of carbonyl (C=O) groups is 1. The van der Waals surface area contributed by atoms with Crippen LogP contribution in [0.4, 0.5) is 10.6 Å². The van der Waals surface area contributed by atoms with Gasteiger partial charge in [-0.3, -0.25) is 4.90 Å². The van der Waals surface area contributed by atoms with Gasteiger partial charge in [-0.05, 0) is 38.3 Å². The molecule has 4 heteroatoms. The summed E-state index contributed by atoms with van der Waals surface area (Å²) < 4.78 is 0. The van der Waals surface area contributed by atoms with Gasteiger partial charge in [0.15, 0.2) is 0 Å². The topological polar surface area (TPSA) is 45.2 Å². The second kappa shape index (κ2) is 4.35. The van der Waals surface area contributed by atoms with Gasteiger partial charge in [0.1, 0.15) is 5.82 Å². The Balaban J connectivity index is 2.15. The number of aryl methyl sites for hydroxylation is 1. The van der Waals surface area contributed by atoms with E-state index in [-0.39, 0.29) is 11.6 Å². The first-order chi connectivity index (χ1) is 8.02. The number of anilines is 1. The Kier molecular flexibility index (Phi) is 3.05. The Bertz CT molecular complexity index is 411. The lowest BCUT2D eigenvalue weighted by Crippen LogP contribution is -2.57. The zero-order valence-electron chi connectivity index (χ0n) is 10.7. The smallest absolute Gasteiger partial charge is 0.323 e. The molecule has 1 fully saturated rings. The molecular formula is C13H19N3O. The van der Waals surface area contributed by atoms with Crippen molar-refractivity contribution in [3.05, 3.63) is 23.9 Å². The molecule has 0 atom stereocenters. The van der Waals surface area contributed by atoms with Crippen molar-refractivity contribution in [3.8, 4) is 0 Å². The van der Waals surface area contributed by atoms with Crippen molar-refractivity contribution in [1.29, 1.82) is 0 Å². The Hall–Kier alpha value is -1.58. The lowest BCUT2D eigenvalue weighted by atomic mass is 9.98. The molecule has 4 nitrogen and oxygen atoms in total. The van der Waals surface area contributed by atoms with Gasteiger partial charge in [-0.25, -0.2) is 9.78 Å². The summed E-state index contributed by atoms with van der Waals surface area (Å²) in [5, 5.41) is 2.98. The Morgan fingerprint density at radius 3 is 2.76 bits per heavy atom. The van der Waals surface area contributed by atoms with Crippen molar-refractivity contribution < 1.29 is 4.79 Å². The highest BCUT2D eigenvalue weighted by atomic mass is 16.2. The largest absolute Gasteiger partial charge is 0.333 e. The van der Waals surface area contributed by atoms with Crippen molar-refractivity contribution in [2.24, 2.45) is 0 Å². The van der Waals surface area contributed by atoms with Crippen LogP contribution >= 0.6 is 0 Å². The number of carbonyl (C=O) groups excluding carboxylic acids is 1. The number of urea groups is 1. The first-order valence-electron chi connectivity index (χ1n) is 6.06. The van der Waals surface area contributed by atoms with Gasteiger partial charge in [0.25, 0.3) is 0 Å². The summed E-state index contributed by atoms with van der Waals surface area (Å²) in [7, 11) is 0. The van der Waals surface area contributed by atoms with Gasteiger partial charge in [0.2, 0.25) is 0 Å². The number of amides is 2. The summed E-state index contributed by atoms with van der Waals surface area (Å²) in [6, 6.07) is 3.88. The Morgan fingerprint density at radius 2 is 2.24 bits per heavy atom. The molecule has 1 aromatic rings. The molecule has 1 aliphatic rings. The van der Waals surface area contributed by atoms with E-state index in [1.165, 1.54) is 5.56 Å². The normalized spacial score (nSPS) is 19.0. The zero-order chi connectivity index (χ0) is 12.5. The number of hydrogen-bond acceptors (Lipinski definition) is 2. The quantitative estimate of drug-likeness (QED) is 0.852. The molecule has 2 amide bonds. The molecular weight excluding hydrogens is 214 g/mol. The van der Waals surface area contributed by atoms with Crippen LogP contribution in [0.3, 0.4) is 0 Å². The van der Waals surface area contributed by atoms with Gasteiger partial charge in [-0.15, -0.1) is 0 Å². The van der Waals surface area contributed by atoms with Gasteiger partial charge in [-0.1, -0.05) is 13.0 Å². The predicted octanol–water partition coefficient (Wildman–Crippen LogP) is 2.34. The SMILES string of the molecule is CCc1ccc(N2CCC(C)(C)NC2=O)nc1. The minimum absolute atomic E-state index is 0.0574. The highest BCUT2D eigenvalue weighted by Gasteiger charge is 2.31. The molecule has 0 saturated carbocycles. The fourth-order valence-electron chi connectivity index (χ4n) is 1.92. The zero-order valence-corrected chi connectivity index (χ0v) is 10.7. The Morgan fingerprint density at radius 1 is 1.47 bits per heavy atom. The summed E-state index contributed by atoms with van der Waals surface area (Å²) in [6.45, 7) is 6.88. The van der Waals surface area contributed by atoms with Crippen molar-refractivity contribution in [2.75, 3.05) is 11.4 Å². The Labute approximate surface area is 102 Å². The van der Waals surface area contributed by atoms with Gasteiger partial charge in [0, 0.05) is 18.3 Å². The van der Waals surface area contributed by atoms with Crippen molar-refractivity contribution in [3.63, 3.8) is 0 Å². The summed E-state index contributed by atoms with van der Waals surface area (Å²) in [5.41, 5.74) is 1.07. The van der Waals surface area contributed by atoms with Crippen LogP contribution in [0.5, 0.6) is 0 Å². The molecule has 17 heavy (non-hydrogen) atoms. The van der Waals surface area contributed by atoms with E-state index in [0.717, 1.165) is 25.2 Å².